The molecular formula is C19H24BrNO2. The molecule has 1 aliphatic heterocycles. The van der Waals surface area contributed by atoms with Crippen molar-refractivity contribution in [3.8, 4) is 0 Å². The zero-order valence-electron chi connectivity index (χ0n) is 13.9. The third-order valence-electron chi connectivity index (χ3n) is 5.62. The van der Waals surface area contributed by atoms with Crippen LogP contribution in [0.15, 0.2) is 28.9 Å². The van der Waals surface area contributed by atoms with Crippen LogP contribution in [0.1, 0.15) is 39.3 Å². The number of aromatic nitrogens is 1. The van der Waals surface area contributed by atoms with E-state index >= 15 is 0 Å². The summed E-state index contributed by atoms with van der Waals surface area (Å²) in [5.74, 6) is 1.89. The number of carbonyl (C=O) groups is 1. The lowest BCUT2D eigenvalue weighted by atomic mass is 9.61. The summed E-state index contributed by atoms with van der Waals surface area (Å²) < 4.78 is 6.54. The Morgan fingerprint density at radius 2 is 2.17 bits per heavy atom. The zero-order chi connectivity index (χ0) is 16.6. The summed E-state index contributed by atoms with van der Waals surface area (Å²) in [5, 5.41) is 0. The maximum absolute atomic E-state index is 12.2. The SMILES string of the molecule is CCC1C(C)CC2C(=O)OC(C)C2C1/C=C/c1ccc(Br)cn1. The third kappa shape index (κ3) is 3.23. The molecule has 0 amide bonds. The Balaban J connectivity index is 1.88. The van der Waals surface area contributed by atoms with Crippen molar-refractivity contribution in [3.63, 3.8) is 0 Å². The zero-order valence-corrected chi connectivity index (χ0v) is 15.5. The molecule has 0 N–H and O–H groups in total. The van der Waals surface area contributed by atoms with E-state index in [-0.39, 0.29) is 18.0 Å². The number of halogens is 1. The van der Waals surface area contributed by atoms with Crippen LogP contribution in [0.25, 0.3) is 6.08 Å². The summed E-state index contributed by atoms with van der Waals surface area (Å²) in [7, 11) is 0. The number of hydrogen-bond donors (Lipinski definition) is 0. The fourth-order valence-corrected chi connectivity index (χ4v) is 4.78. The second-order valence-electron chi connectivity index (χ2n) is 6.95. The highest BCUT2D eigenvalue weighted by atomic mass is 79.9. The number of pyridine rings is 1. The molecule has 6 atom stereocenters. The van der Waals surface area contributed by atoms with Crippen molar-refractivity contribution < 1.29 is 9.53 Å². The van der Waals surface area contributed by atoms with Crippen LogP contribution in [0.5, 0.6) is 0 Å². The number of hydrogen-bond acceptors (Lipinski definition) is 3. The Bertz CT molecular complexity index is 598. The molecule has 1 aromatic rings. The molecule has 1 aromatic heterocycles. The largest absolute Gasteiger partial charge is 0.462 e. The van der Waals surface area contributed by atoms with E-state index < -0.39 is 0 Å². The molecule has 1 aliphatic carbocycles. The minimum Gasteiger partial charge on any atom is -0.462 e. The van der Waals surface area contributed by atoms with Crippen molar-refractivity contribution >= 4 is 28.0 Å². The van der Waals surface area contributed by atoms with Crippen LogP contribution in [0.2, 0.25) is 0 Å². The molecule has 0 spiro atoms. The topological polar surface area (TPSA) is 39.2 Å². The molecular weight excluding hydrogens is 354 g/mol. The first-order valence-corrected chi connectivity index (χ1v) is 9.30. The highest BCUT2D eigenvalue weighted by Crippen LogP contribution is 2.50. The summed E-state index contributed by atoms with van der Waals surface area (Å²) in [6.45, 7) is 6.58. The van der Waals surface area contributed by atoms with Gasteiger partial charge in [0.05, 0.1) is 11.6 Å². The number of ether oxygens (including phenoxy) is 1. The molecule has 1 saturated carbocycles. The van der Waals surface area contributed by atoms with Crippen molar-refractivity contribution in [3.05, 3.63) is 34.6 Å². The van der Waals surface area contributed by atoms with Crippen LogP contribution < -0.4 is 0 Å². The van der Waals surface area contributed by atoms with Gasteiger partial charge in [0.2, 0.25) is 0 Å². The highest BCUT2D eigenvalue weighted by Gasteiger charge is 2.52. The average molecular weight is 378 g/mol. The Labute approximate surface area is 146 Å². The van der Waals surface area contributed by atoms with E-state index in [1.807, 2.05) is 25.3 Å². The van der Waals surface area contributed by atoms with E-state index in [4.69, 9.17) is 4.74 Å². The Morgan fingerprint density at radius 1 is 1.39 bits per heavy atom. The van der Waals surface area contributed by atoms with Gasteiger partial charge in [-0.15, -0.1) is 0 Å². The molecule has 0 aromatic carbocycles. The first kappa shape index (κ1) is 16.7. The number of carbonyl (C=O) groups excluding carboxylic acids is 1. The van der Waals surface area contributed by atoms with Gasteiger partial charge in [0.25, 0.3) is 0 Å². The average Bonchev–Trinajstić information content (AvgIpc) is 2.80. The maximum atomic E-state index is 12.2. The molecule has 2 fully saturated rings. The van der Waals surface area contributed by atoms with Gasteiger partial charge in [-0.1, -0.05) is 26.3 Å². The van der Waals surface area contributed by atoms with Gasteiger partial charge in [0.15, 0.2) is 0 Å². The molecule has 0 radical (unpaired) electrons. The predicted molar refractivity (Wildman–Crippen MR) is 94.6 cm³/mol. The predicted octanol–water partition coefficient (Wildman–Crippen LogP) is 4.72. The maximum Gasteiger partial charge on any atom is 0.309 e. The van der Waals surface area contributed by atoms with E-state index in [0.717, 1.165) is 23.0 Å². The van der Waals surface area contributed by atoms with Crippen molar-refractivity contribution in [2.24, 2.45) is 29.6 Å². The van der Waals surface area contributed by atoms with Crippen LogP contribution >= 0.6 is 15.9 Å². The number of rotatable bonds is 3. The van der Waals surface area contributed by atoms with E-state index in [0.29, 0.717) is 23.7 Å². The van der Waals surface area contributed by atoms with Gasteiger partial charge in [-0.3, -0.25) is 9.78 Å². The van der Waals surface area contributed by atoms with Gasteiger partial charge in [0, 0.05) is 16.6 Å². The fraction of sp³-hybridized carbons (Fsp3) is 0.579. The number of nitrogens with zero attached hydrogens (tertiary/aromatic N) is 1. The molecule has 3 rings (SSSR count). The number of fused-ring (bicyclic) bond motifs is 1. The van der Waals surface area contributed by atoms with Crippen LogP contribution in [-0.4, -0.2) is 17.1 Å². The third-order valence-corrected chi connectivity index (χ3v) is 6.09. The minimum atomic E-state index is 0.00377. The van der Waals surface area contributed by atoms with E-state index in [2.05, 4.69) is 46.9 Å². The molecule has 2 heterocycles. The molecule has 4 heteroatoms. The van der Waals surface area contributed by atoms with Gasteiger partial charge in [0.1, 0.15) is 6.10 Å². The standard InChI is InChI=1S/C19H24BrNO2/c1-4-15-11(2)9-17-18(12(3)23-19(17)22)16(15)8-7-14-6-5-13(20)10-21-14/h5-8,10-12,15-18H,4,9H2,1-3H3/b8-7+. The van der Waals surface area contributed by atoms with Gasteiger partial charge >= 0.3 is 5.97 Å². The van der Waals surface area contributed by atoms with Crippen LogP contribution in [0, 0.1) is 29.6 Å². The van der Waals surface area contributed by atoms with Crippen molar-refractivity contribution in [2.45, 2.75) is 39.7 Å². The van der Waals surface area contributed by atoms with Gasteiger partial charge in [-0.25, -0.2) is 0 Å². The van der Waals surface area contributed by atoms with Gasteiger partial charge in [-0.05, 0) is 65.2 Å². The second-order valence-corrected chi connectivity index (χ2v) is 7.86. The summed E-state index contributed by atoms with van der Waals surface area (Å²) in [6.07, 6.45) is 8.30. The molecule has 23 heavy (non-hydrogen) atoms. The fourth-order valence-electron chi connectivity index (χ4n) is 4.55. The summed E-state index contributed by atoms with van der Waals surface area (Å²) in [4.78, 5) is 16.6. The summed E-state index contributed by atoms with van der Waals surface area (Å²) >= 11 is 3.41. The summed E-state index contributed by atoms with van der Waals surface area (Å²) in [5.41, 5.74) is 0.954. The molecule has 0 bridgehead atoms. The molecule has 3 nitrogen and oxygen atoms in total. The number of cyclic esters (lactones) is 1. The van der Waals surface area contributed by atoms with Crippen molar-refractivity contribution in [1.29, 1.82) is 0 Å². The van der Waals surface area contributed by atoms with Crippen LogP contribution in [0.3, 0.4) is 0 Å². The van der Waals surface area contributed by atoms with E-state index in [9.17, 15) is 4.79 Å². The molecule has 124 valence electrons. The van der Waals surface area contributed by atoms with Crippen molar-refractivity contribution in [1.82, 2.24) is 4.98 Å². The number of allylic oxidation sites excluding steroid dienone is 1. The van der Waals surface area contributed by atoms with Crippen LogP contribution in [-0.2, 0) is 9.53 Å². The van der Waals surface area contributed by atoms with E-state index in [1.54, 1.807) is 0 Å². The molecule has 1 saturated heterocycles. The number of esters is 1. The Kier molecular flexibility index (Phi) is 4.90. The van der Waals surface area contributed by atoms with Gasteiger partial charge < -0.3 is 4.74 Å². The highest BCUT2D eigenvalue weighted by molar-refractivity contribution is 9.10. The second kappa shape index (κ2) is 6.76. The van der Waals surface area contributed by atoms with Gasteiger partial charge in [-0.2, -0.15) is 0 Å². The lowest BCUT2D eigenvalue weighted by molar-refractivity contribution is -0.144. The first-order valence-electron chi connectivity index (χ1n) is 8.51. The quantitative estimate of drug-likeness (QED) is 0.715. The minimum absolute atomic E-state index is 0.00377. The monoisotopic (exact) mass is 377 g/mol. The molecule has 2 aliphatic rings. The Hall–Kier alpha value is -1.16. The Morgan fingerprint density at radius 3 is 2.83 bits per heavy atom. The van der Waals surface area contributed by atoms with Crippen molar-refractivity contribution in [2.75, 3.05) is 0 Å². The molecule has 6 unspecified atom stereocenters. The van der Waals surface area contributed by atoms with Crippen LogP contribution in [0.4, 0.5) is 0 Å². The smallest absolute Gasteiger partial charge is 0.309 e. The normalized spacial score (nSPS) is 37.0. The lowest BCUT2D eigenvalue weighted by Gasteiger charge is -2.41. The van der Waals surface area contributed by atoms with E-state index in [1.165, 1.54) is 0 Å². The lowest BCUT2D eigenvalue weighted by Crippen LogP contribution is -2.40. The summed E-state index contributed by atoms with van der Waals surface area (Å²) in [6, 6.07) is 4.01. The first-order chi connectivity index (χ1) is 11.0.